The smallest absolute Gasteiger partial charge is 0.220 e. The van der Waals surface area contributed by atoms with E-state index < -0.39 is 124 Å². The van der Waals surface area contributed by atoms with E-state index in [2.05, 4.69) is 92.1 Å². The largest absolute Gasteiger partial charge is 0.394 e. The number of hydrogen-bond donors (Lipinski definition) is 12. The number of allylic oxidation sites excluding steroid dienone is 13. The molecule has 19 nitrogen and oxygen atoms in total. The molecule has 0 aliphatic carbocycles. The third-order valence-corrected chi connectivity index (χ3v) is 12.4. The first-order valence-electron chi connectivity index (χ1n) is 25.8. The molecule has 3 aliphatic rings. The van der Waals surface area contributed by atoms with Crippen LogP contribution in [0.2, 0.25) is 0 Å². The van der Waals surface area contributed by atoms with Crippen LogP contribution in [0.25, 0.3) is 0 Å². The Morgan fingerprint density at radius 2 is 0.931 bits per heavy atom. The summed E-state index contributed by atoms with van der Waals surface area (Å²) in [6.07, 6.45) is 14.6. The summed E-state index contributed by atoms with van der Waals surface area (Å²) in [5, 5.41) is 119. The van der Waals surface area contributed by atoms with Crippen LogP contribution in [0, 0.1) is 0 Å². The van der Waals surface area contributed by atoms with E-state index in [4.69, 9.17) is 28.4 Å². The van der Waals surface area contributed by atoms with Gasteiger partial charge in [-0.05, 0) is 77.0 Å². The summed E-state index contributed by atoms with van der Waals surface area (Å²) < 4.78 is 34.0. The summed E-state index contributed by atoms with van der Waals surface area (Å²) >= 11 is 0. The van der Waals surface area contributed by atoms with Crippen molar-refractivity contribution in [3.63, 3.8) is 0 Å². The van der Waals surface area contributed by atoms with Crippen molar-refractivity contribution >= 4 is 5.91 Å². The molecule has 3 saturated heterocycles. The number of carbonyl (C=O) groups excluding carboxylic acids is 1. The summed E-state index contributed by atoms with van der Waals surface area (Å²) in [6, 6.07) is -1.01. The highest BCUT2D eigenvalue weighted by Gasteiger charge is 2.53. The van der Waals surface area contributed by atoms with E-state index in [0.29, 0.717) is 12.8 Å². The van der Waals surface area contributed by atoms with Crippen LogP contribution >= 0.6 is 0 Å². The SMILES string of the molecule is CC/C=C\C/C=C\C/C=C\C/C=C\CCCCCCC(=O)NC(COC1OC(CO)C(OC2OC(CO)C(OC3OC(CO)C(O)C(O)C3O)C(O)C2O)C(O)C1O)C(O)/C=C/CC/C=C/CC/C=C/CC. The van der Waals surface area contributed by atoms with Gasteiger partial charge < -0.3 is 89.9 Å². The highest BCUT2D eigenvalue weighted by molar-refractivity contribution is 5.76. The standard InChI is InChI=1S/C53H87NO18/c1-3-5-7-9-11-13-15-16-17-18-19-20-21-23-25-27-29-31-41(59)54-36(37(58)30-28-26-24-22-14-12-10-8-6-4-2)35-67-51-47(65)44(62)49(39(33-56)69-51)72-53-48(66)45(63)50(40(34-57)70-53)71-52-46(64)43(61)42(60)38(32-55)68-52/h5-8,11,13-14,16-17,19-20,22,28,30,36-40,42-53,55-58,60-66H,3-4,9-10,12,15,18,21,23-27,29,31-35H2,1-2H3,(H,54,59)/b7-5-,8-6+,13-11-,17-16-,20-19-,22-14+,30-28+. The zero-order valence-electron chi connectivity index (χ0n) is 42.1. The molecule has 3 fully saturated rings. The number of aliphatic hydroxyl groups is 11. The average Bonchev–Trinajstić information content (AvgIpc) is 3.37. The predicted molar refractivity (Wildman–Crippen MR) is 268 cm³/mol. The average molecular weight is 1030 g/mol. The minimum absolute atomic E-state index is 0.198. The van der Waals surface area contributed by atoms with Gasteiger partial charge in [-0.15, -0.1) is 0 Å². The second kappa shape index (κ2) is 36.8. The Morgan fingerprint density at radius 1 is 0.500 bits per heavy atom. The van der Waals surface area contributed by atoms with Gasteiger partial charge in [0.2, 0.25) is 5.91 Å². The molecule has 1 amide bonds. The first kappa shape index (κ1) is 63.3. The van der Waals surface area contributed by atoms with Gasteiger partial charge in [0.1, 0.15) is 73.2 Å². The summed E-state index contributed by atoms with van der Waals surface area (Å²) in [6.45, 7) is 1.37. The first-order chi connectivity index (χ1) is 34.8. The maximum Gasteiger partial charge on any atom is 0.220 e. The van der Waals surface area contributed by atoms with Crippen LogP contribution in [0.1, 0.15) is 110 Å². The molecule has 12 N–H and O–H groups in total. The number of ether oxygens (including phenoxy) is 6. The van der Waals surface area contributed by atoms with Crippen LogP contribution in [0.15, 0.2) is 85.1 Å². The number of unbranched alkanes of at least 4 members (excludes halogenated alkanes) is 6. The van der Waals surface area contributed by atoms with E-state index in [0.717, 1.165) is 77.0 Å². The molecule has 0 aromatic rings. The van der Waals surface area contributed by atoms with Gasteiger partial charge in [-0.2, -0.15) is 0 Å². The second-order valence-electron chi connectivity index (χ2n) is 18.2. The van der Waals surface area contributed by atoms with Crippen LogP contribution in [-0.4, -0.2) is 193 Å². The van der Waals surface area contributed by atoms with Gasteiger partial charge in [0, 0.05) is 6.42 Å². The topological polar surface area (TPSA) is 307 Å². The molecule has 0 aromatic carbocycles. The zero-order chi connectivity index (χ0) is 52.7. The maximum absolute atomic E-state index is 13.2. The fourth-order valence-electron chi connectivity index (χ4n) is 8.16. The van der Waals surface area contributed by atoms with E-state index in [-0.39, 0.29) is 18.9 Å². The van der Waals surface area contributed by atoms with Crippen LogP contribution in [0.4, 0.5) is 0 Å². The Labute approximate surface area is 425 Å². The molecule has 19 heteroatoms. The van der Waals surface area contributed by atoms with E-state index in [1.54, 1.807) is 12.2 Å². The number of carbonyl (C=O) groups is 1. The number of aliphatic hydroxyl groups excluding tert-OH is 11. The van der Waals surface area contributed by atoms with Crippen molar-refractivity contribution in [2.75, 3.05) is 26.4 Å². The molecular weight excluding hydrogens is 939 g/mol. The van der Waals surface area contributed by atoms with E-state index in [1.807, 2.05) is 0 Å². The lowest BCUT2D eigenvalue weighted by molar-refractivity contribution is -0.379. The van der Waals surface area contributed by atoms with Crippen LogP contribution < -0.4 is 5.32 Å². The fourth-order valence-corrected chi connectivity index (χ4v) is 8.16. The Hall–Kier alpha value is -3.03. The normalized spacial score (nSPS) is 32.7. The van der Waals surface area contributed by atoms with E-state index in [1.165, 1.54) is 0 Å². The molecule has 0 radical (unpaired) electrons. The van der Waals surface area contributed by atoms with Gasteiger partial charge in [-0.1, -0.05) is 112 Å². The molecule has 3 heterocycles. The molecule has 412 valence electrons. The second-order valence-corrected chi connectivity index (χ2v) is 18.2. The minimum atomic E-state index is -1.99. The predicted octanol–water partition coefficient (Wildman–Crippen LogP) is 2.08. The highest BCUT2D eigenvalue weighted by atomic mass is 16.8. The van der Waals surface area contributed by atoms with Gasteiger partial charge in [-0.25, -0.2) is 0 Å². The zero-order valence-corrected chi connectivity index (χ0v) is 42.1. The lowest BCUT2D eigenvalue weighted by Gasteiger charge is -2.48. The van der Waals surface area contributed by atoms with Crippen molar-refractivity contribution in [2.45, 2.75) is 214 Å². The molecule has 17 atom stereocenters. The van der Waals surface area contributed by atoms with Crippen molar-refractivity contribution in [1.82, 2.24) is 5.32 Å². The fraction of sp³-hybridized carbons (Fsp3) is 0.717. The molecule has 3 rings (SSSR count). The minimum Gasteiger partial charge on any atom is -0.394 e. The maximum atomic E-state index is 13.2. The van der Waals surface area contributed by atoms with Gasteiger partial charge in [0.25, 0.3) is 0 Å². The molecule has 0 aromatic heterocycles. The van der Waals surface area contributed by atoms with Gasteiger partial charge in [0.05, 0.1) is 38.6 Å². The lowest BCUT2D eigenvalue weighted by atomic mass is 9.96. The third kappa shape index (κ3) is 22.0. The quantitative estimate of drug-likeness (QED) is 0.0324. The summed E-state index contributed by atoms with van der Waals surface area (Å²) in [4.78, 5) is 13.2. The van der Waals surface area contributed by atoms with Crippen LogP contribution in [0.5, 0.6) is 0 Å². The Kier molecular flexibility index (Phi) is 32.4. The summed E-state index contributed by atoms with van der Waals surface area (Å²) in [5.74, 6) is -0.322. The molecule has 0 saturated carbocycles. The number of amides is 1. The van der Waals surface area contributed by atoms with Crippen molar-refractivity contribution < 1.29 is 89.4 Å². The Morgan fingerprint density at radius 3 is 1.49 bits per heavy atom. The molecule has 0 spiro atoms. The Balaban J connectivity index is 1.56. The molecular formula is C53H87NO18. The molecule has 0 bridgehead atoms. The van der Waals surface area contributed by atoms with Crippen molar-refractivity contribution in [3.05, 3.63) is 85.1 Å². The first-order valence-corrected chi connectivity index (χ1v) is 25.8. The van der Waals surface area contributed by atoms with Crippen LogP contribution in [-0.2, 0) is 33.2 Å². The van der Waals surface area contributed by atoms with Crippen LogP contribution in [0.3, 0.4) is 0 Å². The highest BCUT2D eigenvalue weighted by Crippen LogP contribution is 2.33. The number of rotatable bonds is 34. The molecule has 3 aliphatic heterocycles. The number of nitrogens with one attached hydrogen (secondary N) is 1. The molecule has 72 heavy (non-hydrogen) atoms. The van der Waals surface area contributed by atoms with Crippen molar-refractivity contribution in [1.29, 1.82) is 0 Å². The van der Waals surface area contributed by atoms with Gasteiger partial charge in [0.15, 0.2) is 18.9 Å². The van der Waals surface area contributed by atoms with Gasteiger partial charge >= 0.3 is 0 Å². The van der Waals surface area contributed by atoms with E-state index >= 15 is 0 Å². The summed E-state index contributed by atoms with van der Waals surface area (Å²) in [5.41, 5.74) is 0. The third-order valence-electron chi connectivity index (χ3n) is 12.4. The number of hydrogen-bond acceptors (Lipinski definition) is 18. The summed E-state index contributed by atoms with van der Waals surface area (Å²) in [7, 11) is 0. The van der Waals surface area contributed by atoms with Crippen molar-refractivity contribution in [3.8, 4) is 0 Å². The van der Waals surface area contributed by atoms with E-state index in [9.17, 15) is 61.0 Å². The monoisotopic (exact) mass is 1030 g/mol. The van der Waals surface area contributed by atoms with Crippen molar-refractivity contribution in [2.24, 2.45) is 0 Å². The lowest BCUT2D eigenvalue weighted by Crippen LogP contribution is -2.66. The Bertz CT molecular complexity index is 1650. The van der Waals surface area contributed by atoms with Gasteiger partial charge in [-0.3, -0.25) is 4.79 Å². The molecule has 17 unspecified atom stereocenters.